The van der Waals surface area contributed by atoms with Gasteiger partial charge in [-0.3, -0.25) is 4.79 Å². The van der Waals surface area contributed by atoms with Crippen LogP contribution < -0.4 is 5.32 Å². The lowest BCUT2D eigenvalue weighted by molar-refractivity contribution is -0.122. The maximum atomic E-state index is 12.4. The minimum atomic E-state index is -0.900. The summed E-state index contributed by atoms with van der Waals surface area (Å²) < 4.78 is 0. The van der Waals surface area contributed by atoms with Crippen molar-refractivity contribution in [1.82, 2.24) is 5.32 Å². The molecule has 0 bridgehead atoms. The Balaban J connectivity index is 3.65. The predicted octanol–water partition coefficient (Wildman–Crippen LogP) is 16.6. The summed E-state index contributed by atoms with van der Waals surface area (Å²) in [5.74, 6) is -0.158. The molecule has 0 aromatic carbocycles. The van der Waals surface area contributed by atoms with Gasteiger partial charge in [0.1, 0.15) is 0 Å². The zero-order valence-electron chi connectivity index (χ0n) is 39.4. The van der Waals surface area contributed by atoms with Crippen molar-refractivity contribution in [2.75, 3.05) is 6.61 Å². The lowest BCUT2D eigenvalue weighted by atomic mass is 10.0. The third kappa shape index (κ3) is 46.4. The minimum Gasteiger partial charge on any atom is -0.394 e. The maximum absolute atomic E-state index is 12.4. The van der Waals surface area contributed by atoms with Gasteiger partial charge >= 0.3 is 0 Å². The van der Waals surface area contributed by atoms with Gasteiger partial charge in [-0.25, -0.2) is 0 Å². The Morgan fingerprint density at radius 1 is 0.417 bits per heavy atom. The van der Waals surface area contributed by atoms with E-state index in [2.05, 4.69) is 98.2 Å². The van der Waals surface area contributed by atoms with Crippen molar-refractivity contribution >= 4 is 5.91 Å². The van der Waals surface area contributed by atoms with Gasteiger partial charge in [0, 0.05) is 6.42 Å². The molecule has 0 aliphatic heterocycles. The normalized spacial score (nSPS) is 13.7. The quantitative estimate of drug-likeness (QED) is 0.0423. The van der Waals surface area contributed by atoms with Gasteiger partial charge in [0.05, 0.1) is 18.8 Å². The van der Waals surface area contributed by atoms with E-state index in [1.807, 2.05) is 12.2 Å². The smallest absolute Gasteiger partial charge is 0.220 e. The van der Waals surface area contributed by atoms with Crippen molar-refractivity contribution in [3.05, 3.63) is 97.2 Å². The van der Waals surface area contributed by atoms with Gasteiger partial charge in [0.15, 0.2) is 0 Å². The number of aliphatic hydroxyl groups excluding tert-OH is 2. The summed E-state index contributed by atoms with van der Waals surface area (Å²) in [7, 11) is 0. The number of hydrogen-bond donors (Lipinski definition) is 3. The number of nitrogens with one attached hydrogen (secondary N) is 1. The van der Waals surface area contributed by atoms with E-state index < -0.39 is 12.1 Å². The number of aliphatic hydroxyl groups is 2. The Labute approximate surface area is 373 Å². The molecule has 0 radical (unpaired) electrons. The minimum absolute atomic E-state index is 0.158. The SMILES string of the molecule is CC/C=C\C/C=C\C/C=C\C/C=C\C/C=C\C/C=C\CCC(=O)NC(CO)C(O)/C=C/CC/C=C/CCCCCCCCCCCCCCCCCCCCCCCCC. The molecule has 2 unspecified atom stereocenters. The number of hydrogen-bond acceptors (Lipinski definition) is 3. The average Bonchev–Trinajstić information content (AvgIpc) is 3.25. The highest BCUT2D eigenvalue weighted by Crippen LogP contribution is 2.16. The fourth-order valence-electron chi connectivity index (χ4n) is 7.22. The van der Waals surface area contributed by atoms with Gasteiger partial charge in [-0.05, 0) is 70.6 Å². The number of carbonyl (C=O) groups is 1. The van der Waals surface area contributed by atoms with E-state index in [-0.39, 0.29) is 12.5 Å². The monoisotopic (exact) mass is 832 g/mol. The molecule has 0 fully saturated rings. The van der Waals surface area contributed by atoms with Gasteiger partial charge in [0.2, 0.25) is 5.91 Å². The molecule has 0 rings (SSSR count). The van der Waals surface area contributed by atoms with E-state index in [9.17, 15) is 15.0 Å². The van der Waals surface area contributed by atoms with Crippen molar-refractivity contribution in [2.45, 2.75) is 244 Å². The van der Waals surface area contributed by atoms with Crippen molar-refractivity contribution < 1.29 is 15.0 Å². The van der Waals surface area contributed by atoms with Gasteiger partial charge in [-0.2, -0.15) is 0 Å². The number of unbranched alkanes of at least 4 members (excludes halogenated alkanes) is 24. The van der Waals surface area contributed by atoms with Gasteiger partial charge in [-0.1, -0.05) is 252 Å². The molecule has 2 atom stereocenters. The van der Waals surface area contributed by atoms with E-state index >= 15 is 0 Å². The summed E-state index contributed by atoms with van der Waals surface area (Å²) in [6.45, 7) is 4.16. The second-order valence-corrected chi connectivity index (χ2v) is 16.8. The molecule has 0 aromatic heterocycles. The molecule has 60 heavy (non-hydrogen) atoms. The summed E-state index contributed by atoms with van der Waals surface area (Å²) >= 11 is 0. The van der Waals surface area contributed by atoms with E-state index in [4.69, 9.17) is 0 Å². The van der Waals surface area contributed by atoms with Crippen LogP contribution in [0.1, 0.15) is 232 Å². The molecule has 0 spiro atoms. The number of carbonyl (C=O) groups excluding carboxylic acids is 1. The Morgan fingerprint density at radius 3 is 1.15 bits per heavy atom. The molecule has 0 aliphatic carbocycles. The third-order valence-electron chi connectivity index (χ3n) is 11.1. The summed E-state index contributed by atoms with van der Waals surface area (Å²) in [5.41, 5.74) is 0. The summed E-state index contributed by atoms with van der Waals surface area (Å²) in [5, 5.41) is 23.0. The van der Waals surface area contributed by atoms with Gasteiger partial charge in [0.25, 0.3) is 0 Å². The largest absolute Gasteiger partial charge is 0.394 e. The van der Waals surface area contributed by atoms with Crippen molar-refractivity contribution in [3.63, 3.8) is 0 Å². The standard InChI is InChI=1S/C56H97NO3/c1-3-5-7-9-11-13-15-17-19-21-23-24-25-26-27-28-29-30-31-32-34-35-37-39-41-43-45-47-49-51-55(59)54(53-58)57-56(60)52-50-48-46-44-42-40-38-36-33-22-20-18-16-14-12-10-8-6-4-2/h6,8,12,14,18,20,33,36,40-43,46,48-49,51,54-55,58-59H,3-5,7,9-11,13,15-17,19,21-32,34-35,37-39,44-45,47,50,52-53H2,1-2H3,(H,57,60)/b8-6-,14-12-,20-18-,36-33-,42-40-,43-41+,48-46-,51-49+. The van der Waals surface area contributed by atoms with Gasteiger partial charge < -0.3 is 15.5 Å². The highest BCUT2D eigenvalue weighted by Gasteiger charge is 2.17. The highest BCUT2D eigenvalue weighted by atomic mass is 16.3. The molecule has 0 aromatic rings. The van der Waals surface area contributed by atoms with Crippen LogP contribution in [0.5, 0.6) is 0 Å². The van der Waals surface area contributed by atoms with E-state index in [1.54, 1.807) is 6.08 Å². The van der Waals surface area contributed by atoms with Crippen LogP contribution in [0, 0.1) is 0 Å². The Hall–Kier alpha value is -2.69. The predicted molar refractivity (Wildman–Crippen MR) is 266 cm³/mol. The molecule has 1 amide bonds. The van der Waals surface area contributed by atoms with Crippen LogP contribution in [0.25, 0.3) is 0 Å². The van der Waals surface area contributed by atoms with Gasteiger partial charge in [-0.15, -0.1) is 0 Å². The zero-order chi connectivity index (χ0) is 43.5. The lowest BCUT2D eigenvalue weighted by Crippen LogP contribution is -2.45. The number of allylic oxidation sites excluding steroid dienone is 15. The van der Waals surface area contributed by atoms with Crippen LogP contribution in [0.2, 0.25) is 0 Å². The molecule has 4 nitrogen and oxygen atoms in total. The first-order valence-corrected chi connectivity index (χ1v) is 25.5. The maximum Gasteiger partial charge on any atom is 0.220 e. The molecule has 0 aliphatic rings. The number of amides is 1. The summed E-state index contributed by atoms with van der Waals surface area (Å²) in [6, 6.07) is -0.687. The topological polar surface area (TPSA) is 69.6 Å². The second kappa shape index (κ2) is 50.7. The van der Waals surface area contributed by atoms with Crippen LogP contribution in [0.15, 0.2) is 97.2 Å². The van der Waals surface area contributed by atoms with Crippen molar-refractivity contribution in [3.8, 4) is 0 Å². The second-order valence-electron chi connectivity index (χ2n) is 16.8. The van der Waals surface area contributed by atoms with E-state index in [1.165, 1.54) is 148 Å². The molecular weight excluding hydrogens is 735 g/mol. The first-order valence-electron chi connectivity index (χ1n) is 25.5. The Bertz CT molecular complexity index is 1130. The van der Waals surface area contributed by atoms with E-state index in [0.29, 0.717) is 12.8 Å². The Morgan fingerprint density at radius 2 is 0.750 bits per heavy atom. The molecule has 4 heteroatoms. The number of rotatable bonds is 45. The molecule has 344 valence electrons. The fraction of sp³-hybridized carbons (Fsp3) is 0.696. The van der Waals surface area contributed by atoms with Crippen LogP contribution in [0.3, 0.4) is 0 Å². The third-order valence-corrected chi connectivity index (χ3v) is 11.1. The van der Waals surface area contributed by atoms with Crippen LogP contribution in [0.4, 0.5) is 0 Å². The van der Waals surface area contributed by atoms with Crippen LogP contribution in [-0.4, -0.2) is 34.9 Å². The van der Waals surface area contributed by atoms with Crippen molar-refractivity contribution in [1.29, 1.82) is 0 Å². The summed E-state index contributed by atoms with van der Waals surface area (Å²) in [4.78, 5) is 12.4. The summed E-state index contributed by atoms with van der Waals surface area (Å²) in [6.07, 6.45) is 75.7. The molecule has 3 N–H and O–H groups in total. The lowest BCUT2D eigenvalue weighted by Gasteiger charge is -2.19. The van der Waals surface area contributed by atoms with Crippen LogP contribution >= 0.6 is 0 Å². The molecule has 0 saturated carbocycles. The first-order chi connectivity index (χ1) is 29.7. The van der Waals surface area contributed by atoms with E-state index in [0.717, 1.165) is 57.8 Å². The zero-order valence-corrected chi connectivity index (χ0v) is 39.4. The molecule has 0 heterocycles. The average molecular weight is 832 g/mol. The molecule has 0 saturated heterocycles. The highest BCUT2D eigenvalue weighted by molar-refractivity contribution is 5.76. The first kappa shape index (κ1) is 57.3. The fourth-order valence-corrected chi connectivity index (χ4v) is 7.22. The Kier molecular flexibility index (Phi) is 48.4. The molecular formula is C56H97NO3. The van der Waals surface area contributed by atoms with Crippen molar-refractivity contribution in [2.24, 2.45) is 0 Å². The van der Waals surface area contributed by atoms with Crippen LogP contribution in [-0.2, 0) is 4.79 Å².